The molecule has 0 unspecified atom stereocenters. The van der Waals surface area contributed by atoms with Gasteiger partial charge in [-0.1, -0.05) is 0 Å². The minimum Gasteiger partial charge on any atom is -0.496 e. The van der Waals surface area contributed by atoms with Crippen LogP contribution in [0, 0.1) is 0 Å². The second kappa shape index (κ2) is 6.03. The molecular weight excluding hydrogens is 260 g/mol. The third-order valence-electron chi connectivity index (χ3n) is 2.74. The Morgan fingerprint density at radius 2 is 1.58 bits per heavy atom. The number of benzene rings is 1. The second-order valence-corrected chi connectivity index (χ2v) is 3.85. The fraction of sp³-hybridized carbons (Fsp3) is 0.500. The highest BCUT2D eigenvalue weighted by molar-refractivity contribution is 5.52. The van der Waals surface area contributed by atoms with Crippen molar-refractivity contribution in [3.05, 3.63) is 17.7 Å². The van der Waals surface area contributed by atoms with Crippen LogP contribution in [0.15, 0.2) is 12.1 Å². The SMILES string of the molecule is COc1cc(OC)c([C@H](N)C(F)(F)CO)cc1OC. The summed E-state index contributed by atoms with van der Waals surface area (Å²) in [7, 11) is 4.12. The van der Waals surface area contributed by atoms with Crippen LogP contribution in [-0.2, 0) is 0 Å². The van der Waals surface area contributed by atoms with E-state index in [2.05, 4.69) is 0 Å². The fourth-order valence-electron chi connectivity index (χ4n) is 1.62. The summed E-state index contributed by atoms with van der Waals surface area (Å²) < 4.78 is 42.0. The molecule has 0 aliphatic rings. The highest BCUT2D eigenvalue weighted by Crippen LogP contribution is 2.40. The van der Waals surface area contributed by atoms with E-state index < -0.39 is 18.6 Å². The lowest BCUT2D eigenvalue weighted by Crippen LogP contribution is -2.36. The van der Waals surface area contributed by atoms with Crippen LogP contribution in [-0.4, -0.2) is 39.0 Å². The lowest BCUT2D eigenvalue weighted by atomic mass is 10.00. The molecule has 1 aromatic rings. The van der Waals surface area contributed by atoms with Crippen molar-refractivity contribution in [2.24, 2.45) is 5.73 Å². The summed E-state index contributed by atoms with van der Waals surface area (Å²) >= 11 is 0. The fourth-order valence-corrected chi connectivity index (χ4v) is 1.62. The normalized spacial score (nSPS) is 13.0. The van der Waals surface area contributed by atoms with Crippen LogP contribution in [0.3, 0.4) is 0 Å². The minimum atomic E-state index is -3.47. The van der Waals surface area contributed by atoms with Crippen molar-refractivity contribution in [2.45, 2.75) is 12.0 Å². The Kier molecular flexibility index (Phi) is 4.90. The molecule has 0 radical (unpaired) electrons. The average Bonchev–Trinajstić information content (AvgIpc) is 2.44. The van der Waals surface area contributed by atoms with Gasteiger partial charge in [0, 0.05) is 11.6 Å². The van der Waals surface area contributed by atoms with Gasteiger partial charge in [-0.15, -0.1) is 0 Å². The molecule has 0 aromatic heterocycles. The van der Waals surface area contributed by atoms with E-state index in [4.69, 9.17) is 25.1 Å². The molecule has 0 bridgehead atoms. The third-order valence-corrected chi connectivity index (χ3v) is 2.74. The van der Waals surface area contributed by atoms with Crippen LogP contribution in [0.25, 0.3) is 0 Å². The van der Waals surface area contributed by atoms with Crippen LogP contribution in [0.5, 0.6) is 17.2 Å². The Labute approximate surface area is 109 Å². The standard InChI is InChI=1S/C12H17F2NO4/c1-17-8-5-10(19-3)9(18-2)4-7(8)11(15)12(13,14)6-16/h4-5,11,16H,6,15H2,1-3H3/t11-/m0/s1. The van der Waals surface area contributed by atoms with Gasteiger partial charge in [-0.05, 0) is 6.07 Å². The quantitative estimate of drug-likeness (QED) is 0.821. The van der Waals surface area contributed by atoms with E-state index in [0.29, 0.717) is 5.75 Å². The van der Waals surface area contributed by atoms with E-state index in [1.807, 2.05) is 0 Å². The van der Waals surface area contributed by atoms with Gasteiger partial charge in [0.05, 0.1) is 21.3 Å². The van der Waals surface area contributed by atoms with Crippen molar-refractivity contribution in [3.63, 3.8) is 0 Å². The van der Waals surface area contributed by atoms with E-state index in [-0.39, 0.29) is 17.1 Å². The Bertz CT molecular complexity index is 440. The van der Waals surface area contributed by atoms with Crippen LogP contribution < -0.4 is 19.9 Å². The molecule has 5 nitrogen and oxygen atoms in total. The Hall–Kier alpha value is -1.60. The number of hydrogen-bond acceptors (Lipinski definition) is 5. The van der Waals surface area contributed by atoms with Gasteiger partial charge in [0.1, 0.15) is 18.4 Å². The van der Waals surface area contributed by atoms with Crippen molar-refractivity contribution in [2.75, 3.05) is 27.9 Å². The number of methoxy groups -OCH3 is 3. The van der Waals surface area contributed by atoms with Crippen LogP contribution in [0.4, 0.5) is 8.78 Å². The zero-order valence-electron chi connectivity index (χ0n) is 10.9. The molecule has 0 aliphatic heterocycles. The molecule has 108 valence electrons. The molecule has 3 N–H and O–H groups in total. The molecule has 1 rings (SSSR count). The molecule has 0 amide bonds. The van der Waals surface area contributed by atoms with Crippen molar-refractivity contribution in [3.8, 4) is 17.2 Å². The maximum absolute atomic E-state index is 13.5. The number of rotatable bonds is 6. The number of aliphatic hydroxyl groups excluding tert-OH is 1. The smallest absolute Gasteiger partial charge is 0.289 e. The van der Waals surface area contributed by atoms with Gasteiger partial charge in [0.15, 0.2) is 11.5 Å². The highest BCUT2D eigenvalue weighted by Gasteiger charge is 2.39. The Morgan fingerprint density at radius 1 is 1.11 bits per heavy atom. The number of hydrogen-bond donors (Lipinski definition) is 2. The Morgan fingerprint density at radius 3 is 2.00 bits per heavy atom. The Balaban J connectivity index is 3.33. The minimum absolute atomic E-state index is 0.0270. The summed E-state index contributed by atoms with van der Waals surface area (Å²) in [5.41, 5.74) is 5.52. The lowest BCUT2D eigenvalue weighted by molar-refractivity contribution is -0.0716. The molecule has 1 aromatic carbocycles. The van der Waals surface area contributed by atoms with Crippen molar-refractivity contribution in [1.82, 2.24) is 0 Å². The van der Waals surface area contributed by atoms with E-state index in [0.717, 1.165) is 0 Å². The summed E-state index contributed by atoms with van der Waals surface area (Å²) in [4.78, 5) is 0. The zero-order valence-corrected chi connectivity index (χ0v) is 10.9. The zero-order chi connectivity index (χ0) is 14.6. The first kappa shape index (κ1) is 15.5. The maximum Gasteiger partial charge on any atom is 0.289 e. The van der Waals surface area contributed by atoms with Crippen molar-refractivity contribution >= 4 is 0 Å². The topological polar surface area (TPSA) is 73.9 Å². The average molecular weight is 277 g/mol. The van der Waals surface area contributed by atoms with Crippen LogP contribution in [0.1, 0.15) is 11.6 Å². The van der Waals surface area contributed by atoms with Gasteiger partial charge < -0.3 is 25.1 Å². The monoisotopic (exact) mass is 277 g/mol. The molecule has 0 aliphatic carbocycles. The van der Waals surface area contributed by atoms with Gasteiger partial charge in [0.25, 0.3) is 5.92 Å². The molecule has 0 heterocycles. The maximum atomic E-state index is 13.5. The van der Waals surface area contributed by atoms with Gasteiger partial charge in [-0.3, -0.25) is 0 Å². The van der Waals surface area contributed by atoms with Crippen molar-refractivity contribution in [1.29, 1.82) is 0 Å². The van der Waals surface area contributed by atoms with Crippen LogP contribution >= 0.6 is 0 Å². The summed E-state index contributed by atoms with van der Waals surface area (Å²) in [6.45, 7) is -1.36. The summed E-state index contributed by atoms with van der Waals surface area (Å²) in [5, 5.41) is 8.69. The number of ether oxygens (including phenoxy) is 3. The number of aliphatic hydroxyl groups is 1. The van der Waals surface area contributed by atoms with Gasteiger partial charge in [-0.25, -0.2) is 8.78 Å². The molecule has 0 saturated carbocycles. The first-order valence-corrected chi connectivity index (χ1v) is 5.45. The summed E-state index contributed by atoms with van der Waals surface area (Å²) in [6.07, 6.45) is 0. The van der Waals surface area contributed by atoms with Crippen molar-refractivity contribution < 1.29 is 28.1 Å². The molecule has 0 spiro atoms. The van der Waals surface area contributed by atoms with E-state index in [9.17, 15) is 8.78 Å². The predicted molar refractivity (Wildman–Crippen MR) is 65.1 cm³/mol. The molecule has 0 saturated heterocycles. The molecule has 19 heavy (non-hydrogen) atoms. The summed E-state index contributed by atoms with van der Waals surface area (Å²) in [6, 6.07) is 1.00. The second-order valence-electron chi connectivity index (χ2n) is 3.85. The van der Waals surface area contributed by atoms with Gasteiger partial charge in [0.2, 0.25) is 0 Å². The number of nitrogens with two attached hydrogens (primary N) is 1. The first-order chi connectivity index (χ1) is 8.91. The molecular formula is C12H17F2NO4. The predicted octanol–water partition coefficient (Wildman–Crippen LogP) is 1.34. The summed E-state index contributed by atoms with van der Waals surface area (Å²) in [5.74, 6) is -2.74. The van der Waals surface area contributed by atoms with E-state index >= 15 is 0 Å². The highest BCUT2D eigenvalue weighted by atomic mass is 19.3. The lowest BCUT2D eigenvalue weighted by Gasteiger charge is -2.24. The number of halogens is 2. The third kappa shape index (κ3) is 3.05. The van der Waals surface area contributed by atoms with E-state index in [1.54, 1.807) is 0 Å². The largest absolute Gasteiger partial charge is 0.496 e. The molecule has 7 heteroatoms. The molecule has 1 atom stereocenters. The van der Waals surface area contributed by atoms with E-state index in [1.165, 1.54) is 33.5 Å². The van der Waals surface area contributed by atoms with Crippen LogP contribution in [0.2, 0.25) is 0 Å². The number of alkyl halides is 2. The first-order valence-electron chi connectivity index (χ1n) is 5.45. The van der Waals surface area contributed by atoms with Gasteiger partial charge in [-0.2, -0.15) is 0 Å². The molecule has 0 fully saturated rings. The van der Waals surface area contributed by atoms with Gasteiger partial charge >= 0.3 is 0 Å².